The minimum atomic E-state index is -1.00. The minimum Gasteiger partial charge on any atom is -0.462 e. The molecule has 0 N–H and O–H groups in total. The van der Waals surface area contributed by atoms with Crippen LogP contribution in [0.15, 0.2) is 42.0 Å². The van der Waals surface area contributed by atoms with Crippen LogP contribution < -0.4 is 0 Å². The van der Waals surface area contributed by atoms with Crippen LogP contribution in [0.1, 0.15) is 30.6 Å². The molecule has 0 unspecified atom stereocenters. The van der Waals surface area contributed by atoms with Gasteiger partial charge in [-0.1, -0.05) is 36.4 Å². The Kier molecular flexibility index (Phi) is 7.39. The van der Waals surface area contributed by atoms with Crippen LogP contribution in [0.2, 0.25) is 0 Å². The largest absolute Gasteiger partial charge is 0.462 e. The molecule has 6 nitrogen and oxygen atoms in total. The van der Waals surface area contributed by atoms with E-state index in [0.717, 1.165) is 6.08 Å². The second-order valence-electron chi connectivity index (χ2n) is 4.38. The zero-order chi connectivity index (χ0) is 17.2. The SMILES string of the molecule is CCOC(=O)C(=O)CC=C(C(=O)OCC)C(=O)c1ccccc1. The standard InChI is InChI=1S/C17H18O6/c1-3-22-16(20)13(10-11-14(18)17(21)23-4-2)15(19)12-8-6-5-7-9-12/h5-10H,3-4,11H2,1-2H3. The molecule has 0 aliphatic carbocycles. The summed E-state index contributed by atoms with van der Waals surface area (Å²) in [6.45, 7) is 3.34. The van der Waals surface area contributed by atoms with E-state index in [4.69, 9.17) is 4.74 Å². The molecule has 0 bridgehead atoms. The summed E-state index contributed by atoms with van der Waals surface area (Å²) in [7, 11) is 0. The van der Waals surface area contributed by atoms with Crippen molar-refractivity contribution in [1.29, 1.82) is 0 Å². The normalized spacial score (nSPS) is 10.8. The Bertz CT molecular complexity index is 615. The molecular weight excluding hydrogens is 300 g/mol. The lowest BCUT2D eigenvalue weighted by molar-refractivity contribution is -0.153. The molecular formula is C17H18O6. The molecule has 0 spiro atoms. The number of ether oxygens (including phenoxy) is 2. The number of ketones is 2. The molecule has 0 atom stereocenters. The third kappa shape index (κ3) is 5.50. The molecule has 0 aromatic heterocycles. The molecule has 1 aromatic rings. The van der Waals surface area contributed by atoms with Gasteiger partial charge in [0.1, 0.15) is 5.57 Å². The van der Waals surface area contributed by atoms with Gasteiger partial charge in [0.2, 0.25) is 5.78 Å². The Balaban J connectivity index is 2.99. The molecule has 0 amide bonds. The Hall–Kier alpha value is -2.76. The van der Waals surface area contributed by atoms with Crippen LogP contribution in [-0.2, 0) is 23.9 Å². The average molecular weight is 318 g/mol. The van der Waals surface area contributed by atoms with Gasteiger partial charge in [-0.25, -0.2) is 9.59 Å². The molecule has 122 valence electrons. The highest BCUT2D eigenvalue weighted by Crippen LogP contribution is 2.11. The van der Waals surface area contributed by atoms with Gasteiger partial charge in [-0.15, -0.1) is 0 Å². The first-order valence-electron chi connectivity index (χ1n) is 7.18. The molecule has 1 aromatic carbocycles. The fourth-order valence-corrected chi connectivity index (χ4v) is 1.71. The van der Waals surface area contributed by atoms with Gasteiger partial charge in [-0.2, -0.15) is 0 Å². The van der Waals surface area contributed by atoms with Gasteiger partial charge in [-0.05, 0) is 13.8 Å². The summed E-state index contributed by atoms with van der Waals surface area (Å²) in [5.74, 6) is -3.24. The highest BCUT2D eigenvalue weighted by Gasteiger charge is 2.22. The minimum absolute atomic E-state index is 0.0714. The third-order valence-corrected chi connectivity index (χ3v) is 2.77. The zero-order valence-corrected chi connectivity index (χ0v) is 13.0. The van der Waals surface area contributed by atoms with Gasteiger partial charge < -0.3 is 9.47 Å². The molecule has 0 aliphatic heterocycles. The van der Waals surface area contributed by atoms with Crippen LogP contribution >= 0.6 is 0 Å². The van der Waals surface area contributed by atoms with E-state index < -0.39 is 29.9 Å². The lowest BCUT2D eigenvalue weighted by atomic mass is 10.0. The topological polar surface area (TPSA) is 86.7 Å². The van der Waals surface area contributed by atoms with E-state index in [-0.39, 0.29) is 24.4 Å². The quantitative estimate of drug-likeness (QED) is 0.182. The first-order chi connectivity index (χ1) is 11.0. The van der Waals surface area contributed by atoms with Crippen molar-refractivity contribution >= 4 is 23.5 Å². The second-order valence-corrected chi connectivity index (χ2v) is 4.38. The lowest BCUT2D eigenvalue weighted by Crippen LogP contribution is -2.19. The number of carbonyl (C=O) groups excluding carboxylic acids is 4. The van der Waals surface area contributed by atoms with Gasteiger partial charge in [0.15, 0.2) is 5.78 Å². The van der Waals surface area contributed by atoms with Crippen molar-refractivity contribution in [3.8, 4) is 0 Å². The maximum Gasteiger partial charge on any atom is 0.374 e. The Morgan fingerprint density at radius 3 is 2.04 bits per heavy atom. The van der Waals surface area contributed by atoms with E-state index in [0.29, 0.717) is 0 Å². The summed E-state index contributed by atoms with van der Waals surface area (Å²) in [6.07, 6.45) is 0.693. The van der Waals surface area contributed by atoms with Crippen molar-refractivity contribution in [2.24, 2.45) is 0 Å². The van der Waals surface area contributed by atoms with Crippen molar-refractivity contribution in [1.82, 2.24) is 0 Å². The number of hydrogen-bond acceptors (Lipinski definition) is 6. The van der Waals surface area contributed by atoms with Crippen molar-refractivity contribution in [3.05, 3.63) is 47.5 Å². The number of esters is 2. The number of carbonyl (C=O) groups is 4. The molecule has 0 radical (unpaired) electrons. The number of Topliss-reactive ketones (excluding diaryl/α,β-unsaturated/α-hetero) is 2. The Morgan fingerprint density at radius 1 is 0.913 bits per heavy atom. The fraction of sp³-hybridized carbons (Fsp3) is 0.294. The third-order valence-electron chi connectivity index (χ3n) is 2.77. The van der Waals surface area contributed by atoms with Gasteiger partial charge in [-0.3, -0.25) is 9.59 Å². The average Bonchev–Trinajstić information content (AvgIpc) is 2.56. The highest BCUT2D eigenvalue weighted by atomic mass is 16.5. The van der Waals surface area contributed by atoms with Crippen molar-refractivity contribution in [2.75, 3.05) is 13.2 Å². The Labute approximate surface area is 134 Å². The number of hydrogen-bond donors (Lipinski definition) is 0. The number of benzene rings is 1. The summed E-state index contributed by atoms with van der Waals surface area (Å²) >= 11 is 0. The van der Waals surface area contributed by atoms with Crippen LogP contribution in [-0.4, -0.2) is 36.7 Å². The van der Waals surface area contributed by atoms with Crippen LogP contribution in [0.5, 0.6) is 0 Å². The Morgan fingerprint density at radius 2 is 1.48 bits per heavy atom. The van der Waals surface area contributed by atoms with Gasteiger partial charge in [0, 0.05) is 12.0 Å². The summed E-state index contributed by atoms with van der Waals surface area (Å²) in [4.78, 5) is 47.2. The van der Waals surface area contributed by atoms with Gasteiger partial charge in [0.05, 0.1) is 13.2 Å². The lowest BCUT2D eigenvalue weighted by Gasteiger charge is -2.06. The maximum atomic E-state index is 12.4. The second kappa shape index (κ2) is 9.30. The van der Waals surface area contributed by atoms with E-state index in [2.05, 4.69) is 4.74 Å². The van der Waals surface area contributed by atoms with E-state index in [1.807, 2.05) is 0 Å². The summed E-state index contributed by atoms with van der Waals surface area (Å²) in [5.41, 5.74) is 0.00563. The smallest absolute Gasteiger partial charge is 0.374 e. The van der Waals surface area contributed by atoms with Crippen LogP contribution in [0.25, 0.3) is 0 Å². The maximum absolute atomic E-state index is 12.4. The number of rotatable bonds is 8. The molecule has 0 fully saturated rings. The predicted octanol–water partition coefficient (Wildman–Crippen LogP) is 1.88. The van der Waals surface area contributed by atoms with Crippen molar-refractivity contribution in [2.45, 2.75) is 20.3 Å². The summed E-state index contributed by atoms with van der Waals surface area (Å²) < 4.78 is 9.40. The molecule has 6 heteroatoms. The van der Waals surface area contributed by atoms with Crippen molar-refractivity contribution in [3.63, 3.8) is 0 Å². The molecule has 23 heavy (non-hydrogen) atoms. The van der Waals surface area contributed by atoms with E-state index in [1.165, 1.54) is 0 Å². The molecule has 0 saturated carbocycles. The van der Waals surface area contributed by atoms with Gasteiger partial charge >= 0.3 is 11.9 Å². The van der Waals surface area contributed by atoms with Gasteiger partial charge in [0.25, 0.3) is 0 Å². The fourth-order valence-electron chi connectivity index (χ4n) is 1.71. The van der Waals surface area contributed by atoms with Crippen LogP contribution in [0.3, 0.4) is 0 Å². The zero-order valence-electron chi connectivity index (χ0n) is 13.0. The van der Waals surface area contributed by atoms with E-state index in [9.17, 15) is 19.2 Å². The summed E-state index contributed by atoms with van der Waals surface area (Å²) in [5, 5.41) is 0. The van der Waals surface area contributed by atoms with E-state index >= 15 is 0 Å². The molecule has 0 saturated heterocycles. The van der Waals surface area contributed by atoms with Crippen molar-refractivity contribution < 1.29 is 28.7 Å². The summed E-state index contributed by atoms with van der Waals surface area (Å²) in [6, 6.07) is 8.12. The monoisotopic (exact) mass is 318 g/mol. The molecule has 0 aliphatic rings. The molecule has 0 heterocycles. The predicted molar refractivity (Wildman–Crippen MR) is 81.7 cm³/mol. The van der Waals surface area contributed by atoms with E-state index in [1.54, 1.807) is 44.2 Å². The number of allylic oxidation sites excluding steroid dienone is 1. The van der Waals surface area contributed by atoms with Crippen LogP contribution in [0.4, 0.5) is 0 Å². The highest BCUT2D eigenvalue weighted by molar-refractivity contribution is 6.34. The first kappa shape index (κ1) is 18.3. The first-order valence-corrected chi connectivity index (χ1v) is 7.18. The van der Waals surface area contributed by atoms with Crippen LogP contribution in [0, 0.1) is 0 Å². The molecule has 1 rings (SSSR count).